The predicted octanol–water partition coefficient (Wildman–Crippen LogP) is 2.65. The number of benzene rings is 1. The summed E-state index contributed by atoms with van der Waals surface area (Å²) in [6.07, 6.45) is 1.00. The molecule has 16 heavy (non-hydrogen) atoms. The first-order valence-corrected chi connectivity index (χ1v) is 5.87. The standard InChI is InChI=1S/C11H12Cl2O3/c12-3-1-7-5-8(2-4-13)10(14)9(6-7)11(15)16/h5-6,14H,1-4H2,(H,15,16). The molecule has 0 aliphatic rings. The van der Waals surface area contributed by atoms with Gasteiger partial charge in [0.15, 0.2) is 0 Å². The van der Waals surface area contributed by atoms with E-state index in [1.807, 2.05) is 0 Å². The highest BCUT2D eigenvalue weighted by atomic mass is 35.5. The number of aryl methyl sites for hydroxylation is 2. The monoisotopic (exact) mass is 262 g/mol. The van der Waals surface area contributed by atoms with Crippen molar-refractivity contribution >= 4 is 29.2 Å². The molecule has 0 heterocycles. The number of aromatic hydroxyl groups is 1. The van der Waals surface area contributed by atoms with Crippen LogP contribution < -0.4 is 0 Å². The van der Waals surface area contributed by atoms with Gasteiger partial charge in [-0.15, -0.1) is 23.2 Å². The van der Waals surface area contributed by atoms with E-state index >= 15 is 0 Å². The van der Waals surface area contributed by atoms with Gasteiger partial charge in [-0.25, -0.2) is 4.79 Å². The van der Waals surface area contributed by atoms with Crippen molar-refractivity contribution in [2.24, 2.45) is 0 Å². The SMILES string of the molecule is O=C(O)c1cc(CCCl)cc(CCCl)c1O. The van der Waals surface area contributed by atoms with Gasteiger partial charge >= 0.3 is 5.97 Å². The largest absolute Gasteiger partial charge is 0.507 e. The van der Waals surface area contributed by atoms with Crippen LogP contribution in [0.2, 0.25) is 0 Å². The summed E-state index contributed by atoms with van der Waals surface area (Å²) in [5.41, 5.74) is 1.25. The lowest BCUT2D eigenvalue weighted by molar-refractivity contribution is 0.0693. The summed E-state index contributed by atoms with van der Waals surface area (Å²) in [5.74, 6) is -0.614. The Kier molecular flexibility index (Phi) is 4.90. The van der Waals surface area contributed by atoms with Gasteiger partial charge in [0.05, 0.1) is 0 Å². The van der Waals surface area contributed by atoms with Crippen molar-refractivity contribution in [2.75, 3.05) is 11.8 Å². The Morgan fingerprint density at radius 1 is 1.19 bits per heavy atom. The van der Waals surface area contributed by atoms with Crippen LogP contribution >= 0.6 is 23.2 Å². The van der Waals surface area contributed by atoms with Crippen LogP contribution in [0, 0.1) is 0 Å². The van der Waals surface area contributed by atoms with E-state index in [1.165, 1.54) is 6.07 Å². The molecule has 1 aromatic rings. The summed E-state index contributed by atoms with van der Waals surface area (Å²) in [7, 11) is 0. The molecule has 3 nitrogen and oxygen atoms in total. The Morgan fingerprint density at radius 2 is 1.81 bits per heavy atom. The first-order valence-electron chi connectivity index (χ1n) is 4.80. The Balaban J connectivity index is 3.21. The molecule has 0 amide bonds. The average Bonchev–Trinajstić information content (AvgIpc) is 2.23. The number of carboxylic acid groups (broad SMARTS) is 1. The zero-order chi connectivity index (χ0) is 12.1. The number of phenols is 1. The molecule has 0 saturated heterocycles. The van der Waals surface area contributed by atoms with Gasteiger partial charge in [-0.1, -0.05) is 6.07 Å². The molecule has 1 aromatic carbocycles. The van der Waals surface area contributed by atoms with Crippen molar-refractivity contribution in [1.82, 2.24) is 0 Å². The first kappa shape index (κ1) is 13.1. The van der Waals surface area contributed by atoms with Crippen LogP contribution in [0.4, 0.5) is 0 Å². The molecule has 1 rings (SSSR count). The molecular weight excluding hydrogens is 251 g/mol. The zero-order valence-electron chi connectivity index (χ0n) is 8.54. The van der Waals surface area contributed by atoms with E-state index in [1.54, 1.807) is 6.07 Å². The molecule has 0 aliphatic carbocycles. The number of hydrogen-bond acceptors (Lipinski definition) is 2. The molecule has 88 valence electrons. The van der Waals surface area contributed by atoms with E-state index in [0.717, 1.165) is 5.56 Å². The summed E-state index contributed by atoms with van der Waals surface area (Å²) < 4.78 is 0. The van der Waals surface area contributed by atoms with E-state index in [9.17, 15) is 9.90 Å². The molecule has 0 aromatic heterocycles. The van der Waals surface area contributed by atoms with Crippen LogP contribution in [-0.2, 0) is 12.8 Å². The van der Waals surface area contributed by atoms with Crippen LogP contribution in [0.3, 0.4) is 0 Å². The van der Waals surface area contributed by atoms with Crippen molar-refractivity contribution in [2.45, 2.75) is 12.8 Å². The molecule has 0 atom stereocenters. The molecule has 0 spiro atoms. The highest BCUT2D eigenvalue weighted by Gasteiger charge is 2.14. The summed E-state index contributed by atoms with van der Waals surface area (Å²) in [6, 6.07) is 3.18. The number of hydrogen-bond donors (Lipinski definition) is 2. The molecular formula is C11H12Cl2O3. The summed E-state index contributed by atoms with van der Waals surface area (Å²) in [5, 5.41) is 18.6. The summed E-state index contributed by atoms with van der Waals surface area (Å²) in [4.78, 5) is 10.9. The number of rotatable bonds is 5. The molecule has 2 N–H and O–H groups in total. The molecule has 5 heteroatoms. The Bertz CT molecular complexity index is 391. The second-order valence-electron chi connectivity index (χ2n) is 3.33. The second-order valence-corrected chi connectivity index (χ2v) is 4.09. The van der Waals surface area contributed by atoms with E-state index < -0.39 is 5.97 Å². The summed E-state index contributed by atoms with van der Waals surface area (Å²) >= 11 is 11.2. The fourth-order valence-electron chi connectivity index (χ4n) is 1.47. The number of carboxylic acids is 1. The lowest BCUT2D eigenvalue weighted by Crippen LogP contribution is -2.02. The van der Waals surface area contributed by atoms with Gasteiger partial charge in [-0.05, 0) is 30.0 Å². The Hall–Kier alpha value is -0.930. The zero-order valence-corrected chi connectivity index (χ0v) is 10.1. The van der Waals surface area contributed by atoms with Crippen LogP contribution in [0.25, 0.3) is 0 Å². The van der Waals surface area contributed by atoms with Crippen LogP contribution in [0.15, 0.2) is 12.1 Å². The second kappa shape index (κ2) is 5.97. The molecule has 0 fully saturated rings. The minimum absolute atomic E-state index is 0.0947. The third-order valence-electron chi connectivity index (χ3n) is 2.23. The molecule has 0 unspecified atom stereocenters. The van der Waals surface area contributed by atoms with Crippen molar-refractivity contribution in [3.8, 4) is 5.75 Å². The number of halogens is 2. The average molecular weight is 263 g/mol. The topological polar surface area (TPSA) is 57.5 Å². The van der Waals surface area contributed by atoms with Crippen molar-refractivity contribution < 1.29 is 15.0 Å². The number of carbonyl (C=O) groups is 1. The van der Waals surface area contributed by atoms with Crippen molar-refractivity contribution in [1.29, 1.82) is 0 Å². The van der Waals surface area contributed by atoms with Crippen LogP contribution in [0.1, 0.15) is 21.5 Å². The van der Waals surface area contributed by atoms with E-state index in [4.69, 9.17) is 28.3 Å². The minimum atomic E-state index is -1.15. The molecule has 0 aliphatic heterocycles. The maximum atomic E-state index is 10.9. The maximum absolute atomic E-state index is 10.9. The molecule has 0 radical (unpaired) electrons. The highest BCUT2D eigenvalue weighted by molar-refractivity contribution is 6.18. The third-order valence-corrected chi connectivity index (χ3v) is 2.60. The normalized spacial score (nSPS) is 10.4. The smallest absolute Gasteiger partial charge is 0.339 e. The quantitative estimate of drug-likeness (QED) is 0.803. The van der Waals surface area contributed by atoms with Gasteiger partial charge in [0.25, 0.3) is 0 Å². The minimum Gasteiger partial charge on any atom is -0.507 e. The maximum Gasteiger partial charge on any atom is 0.339 e. The highest BCUT2D eigenvalue weighted by Crippen LogP contribution is 2.26. The third kappa shape index (κ3) is 3.03. The Morgan fingerprint density at radius 3 is 2.31 bits per heavy atom. The Labute approximate surface area is 104 Å². The predicted molar refractivity (Wildman–Crippen MR) is 63.9 cm³/mol. The lowest BCUT2D eigenvalue weighted by atomic mass is 10.0. The number of alkyl halides is 2. The van der Waals surface area contributed by atoms with Gasteiger partial charge in [0.1, 0.15) is 11.3 Å². The van der Waals surface area contributed by atoms with Gasteiger partial charge in [-0.2, -0.15) is 0 Å². The van der Waals surface area contributed by atoms with E-state index in [2.05, 4.69) is 0 Å². The van der Waals surface area contributed by atoms with Crippen LogP contribution in [0.5, 0.6) is 5.75 Å². The van der Waals surface area contributed by atoms with Crippen molar-refractivity contribution in [3.05, 3.63) is 28.8 Å². The number of aromatic carboxylic acids is 1. The van der Waals surface area contributed by atoms with Gasteiger partial charge in [-0.3, -0.25) is 0 Å². The van der Waals surface area contributed by atoms with E-state index in [0.29, 0.717) is 30.2 Å². The van der Waals surface area contributed by atoms with Gasteiger partial charge < -0.3 is 10.2 Å². The molecule has 0 bridgehead atoms. The first-order chi connectivity index (χ1) is 7.60. The van der Waals surface area contributed by atoms with Crippen LogP contribution in [-0.4, -0.2) is 27.9 Å². The van der Waals surface area contributed by atoms with E-state index in [-0.39, 0.29) is 11.3 Å². The van der Waals surface area contributed by atoms with Gasteiger partial charge in [0, 0.05) is 11.8 Å². The fourth-order valence-corrected chi connectivity index (χ4v) is 1.89. The lowest BCUT2D eigenvalue weighted by Gasteiger charge is -2.09. The fraction of sp³-hybridized carbons (Fsp3) is 0.364. The summed E-state index contributed by atoms with van der Waals surface area (Å²) in [6.45, 7) is 0. The molecule has 0 saturated carbocycles. The van der Waals surface area contributed by atoms with Crippen molar-refractivity contribution in [3.63, 3.8) is 0 Å². The van der Waals surface area contributed by atoms with Gasteiger partial charge in [0.2, 0.25) is 0 Å².